The highest BCUT2D eigenvalue weighted by Crippen LogP contribution is 2.30. The van der Waals surface area contributed by atoms with E-state index in [9.17, 15) is 14.0 Å². The van der Waals surface area contributed by atoms with Crippen molar-refractivity contribution in [2.45, 2.75) is 20.8 Å². The molecule has 0 N–H and O–H groups in total. The number of halogens is 3. The Labute approximate surface area is 212 Å². The van der Waals surface area contributed by atoms with Crippen LogP contribution in [-0.4, -0.2) is 32.9 Å². The first kappa shape index (κ1) is 24.1. The quantitative estimate of drug-likeness (QED) is 0.239. The maximum absolute atomic E-state index is 13.7. The van der Waals surface area contributed by atoms with Gasteiger partial charge in [-0.25, -0.2) is 4.39 Å². The van der Waals surface area contributed by atoms with Crippen LogP contribution in [0.25, 0.3) is 11.8 Å². The van der Waals surface area contributed by atoms with Crippen LogP contribution in [0.1, 0.15) is 23.9 Å². The fourth-order valence-corrected chi connectivity index (χ4v) is 4.68. The number of thiocarbonyl (C=S) groups is 1. The molecule has 0 atom stereocenters. The summed E-state index contributed by atoms with van der Waals surface area (Å²) >= 11 is 17.5. The van der Waals surface area contributed by atoms with Gasteiger partial charge in [-0.2, -0.15) is 0 Å². The Hall–Kier alpha value is -3.00. The molecule has 1 aromatic heterocycles. The van der Waals surface area contributed by atoms with Gasteiger partial charge in [0.25, 0.3) is 11.8 Å². The third kappa shape index (κ3) is 4.15. The van der Waals surface area contributed by atoms with Crippen molar-refractivity contribution < 1.29 is 14.0 Å². The Bertz CT molecular complexity index is 1370. The summed E-state index contributed by atoms with van der Waals surface area (Å²) in [5.74, 6) is -1.49. The van der Waals surface area contributed by atoms with E-state index >= 15 is 0 Å². The molecule has 1 aliphatic rings. The molecule has 4 rings (SSSR count). The number of carbonyl (C=O) groups excluding carboxylic acids is 2. The van der Waals surface area contributed by atoms with Crippen LogP contribution in [0.3, 0.4) is 0 Å². The molecule has 0 spiro atoms. The van der Waals surface area contributed by atoms with Crippen LogP contribution in [0.15, 0.2) is 54.1 Å². The molecule has 34 heavy (non-hydrogen) atoms. The minimum absolute atomic E-state index is 0.00764. The lowest BCUT2D eigenvalue weighted by Crippen LogP contribution is -2.56. The number of hydrogen-bond acceptors (Lipinski definition) is 3. The van der Waals surface area contributed by atoms with Crippen LogP contribution in [0.2, 0.25) is 10.0 Å². The summed E-state index contributed by atoms with van der Waals surface area (Å²) in [4.78, 5) is 29.4. The van der Waals surface area contributed by atoms with Crippen LogP contribution in [0.5, 0.6) is 0 Å². The number of hydrogen-bond donors (Lipinski definition) is 0. The monoisotopic (exact) mass is 515 g/mol. The summed E-state index contributed by atoms with van der Waals surface area (Å²) in [6, 6.07) is 13.0. The van der Waals surface area contributed by atoms with Crippen LogP contribution in [0.4, 0.5) is 10.1 Å². The second-order valence-corrected chi connectivity index (χ2v) is 8.98. The van der Waals surface area contributed by atoms with Crippen molar-refractivity contribution in [2.75, 3.05) is 11.4 Å². The molecule has 174 valence electrons. The molecular formula is C25H20Cl2FN3O2S. The largest absolute Gasteiger partial charge is 0.318 e. The summed E-state index contributed by atoms with van der Waals surface area (Å²) in [6.07, 6.45) is 1.57. The summed E-state index contributed by atoms with van der Waals surface area (Å²) < 4.78 is 15.5. The normalized spacial score (nSPS) is 15.6. The lowest BCUT2D eigenvalue weighted by molar-refractivity contribution is -0.127. The molecule has 2 amide bonds. The molecule has 9 heteroatoms. The summed E-state index contributed by atoms with van der Waals surface area (Å²) in [7, 11) is 0. The van der Waals surface area contributed by atoms with E-state index in [1.54, 1.807) is 43.3 Å². The molecule has 0 bridgehead atoms. The first-order valence-electron chi connectivity index (χ1n) is 10.5. The molecule has 0 radical (unpaired) electrons. The van der Waals surface area contributed by atoms with Crippen LogP contribution >= 0.6 is 35.4 Å². The molecule has 0 aliphatic carbocycles. The number of aryl methyl sites for hydroxylation is 1. The number of rotatable bonds is 4. The highest BCUT2D eigenvalue weighted by molar-refractivity contribution is 7.80. The highest BCUT2D eigenvalue weighted by Gasteiger charge is 2.39. The predicted molar refractivity (Wildman–Crippen MR) is 137 cm³/mol. The molecule has 2 aromatic carbocycles. The first-order chi connectivity index (χ1) is 16.1. The van der Waals surface area contributed by atoms with Gasteiger partial charge in [0.1, 0.15) is 11.4 Å². The van der Waals surface area contributed by atoms with E-state index in [-0.39, 0.29) is 15.7 Å². The van der Waals surface area contributed by atoms with Crippen molar-refractivity contribution in [3.63, 3.8) is 0 Å². The number of likely N-dealkylation sites (N-methyl/N-ethyl adjacent to an activating group) is 1. The molecule has 0 saturated carbocycles. The molecule has 2 heterocycles. The van der Waals surface area contributed by atoms with E-state index in [1.807, 2.05) is 24.5 Å². The zero-order valence-electron chi connectivity index (χ0n) is 18.6. The van der Waals surface area contributed by atoms with E-state index in [1.165, 1.54) is 21.9 Å². The summed E-state index contributed by atoms with van der Waals surface area (Å²) in [5.41, 5.74) is 3.45. The standard InChI is InChI=1S/C25H20Cl2FN3O2S/c1-4-29-23(32)20(24(33)31(25(29)34)18-7-5-17(26)6-8-18)12-16-11-14(2)30(15(16)3)19-9-10-22(28)21(27)13-19/h5-13H,4H2,1-3H3/b20-12+. The van der Waals surface area contributed by atoms with E-state index in [4.69, 9.17) is 35.4 Å². The molecule has 1 saturated heterocycles. The fraction of sp³-hybridized carbons (Fsp3) is 0.160. The average molecular weight is 516 g/mol. The second kappa shape index (κ2) is 9.33. The zero-order valence-corrected chi connectivity index (χ0v) is 20.9. The fourth-order valence-electron chi connectivity index (χ4n) is 3.98. The first-order valence-corrected chi connectivity index (χ1v) is 11.6. The maximum atomic E-state index is 13.7. The third-order valence-corrected chi connectivity index (χ3v) is 6.61. The molecule has 0 unspecified atom stereocenters. The van der Waals surface area contributed by atoms with E-state index in [2.05, 4.69) is 0 Å². The Kier molecular flexibility index (Phi) is 6.62. The predicted octanol–water partition coefficient (Wildman–Crippen LogP) is 6.10. The zero-order chi connectivity index (χ0) is 24.7. The van der Waals surface area contributed by atoms with E-state index in [0.29, 0.717) is 28.5 Å². The number of anilines is 1. The number of carbonyl (C=O) groups is 2. The minimum Gasteiger partial charge on any atom is -0.318 e. The average Bonchev–Trinajstić information content (AvgIpc) is 3.07. The lowest BCUT2D eigenvalue weighted by Gasteiger charge is -2.36. The Balaban J connectivity index is 1.81. The molecule has 1 aliphatic heterocycles. The van der Waals surface area contributed by atoms with E-state index in [0.717, 1.165) is 11.4 Å². The smallest absolute Gasteiger partial charge is 0.270 e. The molecular weight excluding hydrogens is 496 g/mol. The SMILES string of the molecule is CCN1C(=O)/C(=C\c2cc(C)n(-c3ccc(F)c(Cl)c3)c2C)C(=O)N(c2ccc(Cl)cc2)C1=S. The molecule has 3 aromatic rings. The number of aromatic nitrogens is 1. The lowest BCUT2D eigenvalue weighted by atomic mass is 10.1. The van der Waals surface area contributed by atoms with Gasteiger partial charge < -0.3 is 4.57 Å². The van der Waals surface area contributed by atoms with Crippen molar-refractivity contribution in [3.8, 4) is 5.69 Å². The van der Waals surface area contributed by atoms with Gasteiger partial charge in [0.2, 0.25) is 0 Å². The second-order valence-electron chi connectivity index (χ2n) is 7.77. The number of amides is 2. The van der Waals surface area contributed by atoms with Crippen LogP contribution < -0.4 is 4.90 Å². The van der Waals surface area contributed by atoms with Crippen LogP contribution in [0, 0.1) is 19.7 Å². The van der Waals surface area contributed by atoms with Gasteiger partial charge >= 0.3 is 0 Å². The Morgan fingerprint density at radius 2 is 1.62 bits per heavy atom. The van der Waals surface area contributed by atoms with Crippen molar-refractivity contribution in [1.82, 2.24) is 9.47 Å². The number of benzene rings is 2. The molecule has 1 fully saturated rings. The van der Waals surface area contributed by atoms with Gasteiger partial charge in [-0.05, 0) is 93.2 Å². The maximum Gasteiger partial charge on any atom is 0.270 e. The Morgan fingerprint density at radius 3 is 2.24 bits per heavy atom. The van der Waals surface area contributed by atoms with E-state index < -0.39 is 17.6 Å². The van der Waals surface area contributed by atoms with Gasteiger partial charge in [-0.15, -0.1) is 0 Å². The van der Waals surface area contributed by atoms with Gasteiger partial charge in [0.05, 0.1) is 10.7 Å². The van der Waals surface area contributed by atoms with Gasteiger partial charge in [0, 0.05) is 28.6 Å². The van der Waals surface area contributed by atoms with Gasteiger partial charge in [-0.1, -0.05) is 23.2 Å². The topological polar surface area (TPSA) is 45.6 Å². The van der Waals surface area contributed by atoms with Crippen molar-refractivity contribution >= 4 is 64.1 Å². The minimum atomic E-state index is -0.517. The van der Waals surface area contributed by atoms with Gasteiger partial charge in [0.15, 0.2) is 5.11 Å². The van der Waals surface area contributed by atoms with Crippen molar-refractivity contribution in [2.24, 2.45) is 0 Å². The summed E-state index contributed by atoms with van der Waals surface area (Å²) in [6.45, 7) is 5.83. The summed E-state index contributed by atoms with van der Waals surface area (Å²) in [5, 5.41) is 0.642. The van der Waals surface area contributed by atoms with Crippen molar-refractivity contribution in [1.29, 1.82) is 0 Å². The molecule has 5 nitrogen and oxygen atoms in total. The van der Waals surface area contributed by atoms with Gasteiger partial charge in [-0.3, -0.25) is 19.4 Å². The van der Waals surface area contributed by atoms with Crippen LogP contribution in [-0.2, 0) is 9.59 Å². The van der Waals surface area contributed by atoms with Crippen molar-refractivity contribution in [3.05, 3.63) is 86.9 Å². The highest BCUT2D eigenvalue weighted by atomic mass is 35.5. The number of nitrogens with zero attached hydrogens (tertiary/aromatic N) is 3. The Morgan fingerprint density at radius 1 is 0.971 bits per heavy atom. The third-order valence-electron chi connectivity index (χ3n) is 5.66.